The lowest BCUT2D eigenvalue weighted by Crippen LogP contribution is -2.36. The minimum atomic E-state index is -0.833. The topological polar surface area (TPSA) is 72.7 Å². The lowest BCUT2D eigenvalue weighted by atomic mass is 10.1. The summed E-state index contributed by atoms with van der Waals surface area (Å²) in [5.41, 5.74) is 0. The monoisotopic (exact) mass is 147 g/mol. The quantitative estimate of drug-likeness (QED) is 0.348. The molecule has 4 N–H and O–H groups in total. The van der Waals surface area contributed by atoms with Gasteiger partial charge in [-0.1, -0.05) is 0 Å². The molecule has 1 unspecified atom stereocenters. The Morgan fingerprint density at radius 2 is 1.90 bits per heavy atom. The van der Waals surface area contributed by atoms with E-state index in [1.54, 1.807) is 6.92 Å². The summed E-state index contributed by atoms with van der Waals surface area (Å²) < 4.78 is 0. The smallest absolute Gasteiger partial charge is 0.0989 e. The Balaban J connectivity index is 2.53. The van der Waals surface area contributed by atoms with Crippen molar-refractivity contribution < 1.29 is 15.3 Å². The zero-order valence-electron chi connectivity index (χ0n) is 5.86. The molecule has 4 atom stereocenters. The minimum Gasteiger partial charge on any atom is -0.395 e. The van der Waals surface area contributed by atoms with Gasteiger partial charge in [-0.25, -0.2) is 0 Å². The van der Waals surface area contributed by atoms with Crippen molar-refractivity contribution in [2.45, 2.75) is 31.2 Å². The van der Waals surface area contributed by atoms with Crippen molar-refractivity contribution in [3.05, 3.63) is 0 Å². The fraction of sp³-hybridized carbons (Fsp3) is 1.00. The first-order chi connectivity index (χ1) is 4.66. The van der Waals surface area contributed by atoms with Crippen LogP contribution in [0.4, 0.5) is 0 Å². The van der Waals surface area contributed by atoms with Gasteiger partial charge in [-0.15, -0.1) is 0 Å². The highest BCUT2D eigenvalue weighted by atomic mass is 16.3. The number of aliphatic hydroxyl groups excluding tert-OH is 3. The number of hydrogen-bond donors (Lipinski definition) is 4. The molecule has 1 heterocycles. The third-order valence-electron chi connectivity index (χ3n) is 1.95. The summed E-state index contributed by atoms with van der Waals surface area (Å²) in [7, 11) is 0. The molecule has 1 aliphatic rings. The molecule has 0 aromatic heterocycles. The number of aliphatic hydroxyl groups is 3. The molecule has 60 valence electrons. The molecule has 0 aliphatic carbocycles. The molecule has 4 nitrogen and oxygen atoms in total. The Morgan fingerprint density at radius 3 is 2.10 bits per heavy atom. The molecule has 0 aromatic carbocycles. The average Bonchev–Trinajstić information content (AvgIpc) is 2.17. The van der Waals surface area contributed by atoms with Crippen molar-refractivity contribution in [1.29, 1.82) is 0 Å². The van der Waals surface area contributed by atoms with E-state index in [4.69, 9.17) is 15.3 Å². The normalized spacial score (nSPS) is 48.0. The van der Waals surface area contributed by atoms with Gasteiger partial charge in [-0.3, -0.25) is 0 Å². The van der Waals surface area contributed by atoms with Crippen LogP contribution in [0.1, 0.15) is 6.92 Å². The van der Waals surface area contributed by atoms with E-state index in [1.165, 1.54) is 0 Å². The van der Waals surface area contributed by atoms with E-state index in [0.717, 1.165) is 0 Å². The summed E-state index contributed by atoms with van der Waals surface area (Å²) in [6.45, 7) is 1.63. The SMILES string of the molecule is CC1N[C@@H](CO)[C@@H](O)[C@@H]1O. The van der Waals surface area contributed by atoms with Crippen LogP contribution in [-0.4, -0.2) is 46.2 Å². The fourth-order valence-electron chi connectivity index (χ4n) is 1.23. The van der Waals surface area contributed by atoms with E-state index in [1.807, 2.05) is 0 Å². The molecule has 10 heavy (non-hydrogen) atoms. The molecular weight excluding hydrogens is 134 g/mol. The van der Waals surface area contributed by atoms with E-state index in [9.17, 15) is 0 Å². The van der Waals surface area contributed by atoms with Gasteiger partial charge in [0.05, 0.1) is 24.9 Å². The van der Waals surface area contributed by atoms with Crippen LogP contribution in [0.2, 0.25) is 0 Å². The molecule has 0 saturated carbocycles. The second-order valence-corrected chi connectivity index (χ2v) is 2.73. The maximum atomic E-state index is 9.16. The van der Waals surface area contributed by atoms with Gasteiger partial charge in [-0.05, 0) is 6.92 Å². The molecule has 1 fully saturated rings. The summed E-state index contributed by atoms with van der Waals surface area (Å²) in [4.78, 5) is 0. The molecule has 0 bridgehead atoms. The van der Waals surface area contributed by atoms with Crippen LogP contribution < -0.4 is 5.32 Å². The number of hydrogen-bond acceptors (Lipinski definition) is 4. The minimum absolute atomic E-state index is 0.132. The Bertz CT molecular complexity index is 120. The third kappa shape index (κ3) is 1.15. The van der Waals surface area contributed by atoms with Crippen LogP contribution in [-0.2, 0) is 0 Å². The maximum absolute atomic E-state index is 9.16. The molecule has 1 aliphatic heterocycles. The molecule has 4 heteroatoms. The Labute approximate surface area is 59.5 Å². The fourth-order valence-corrected chi connectivity index (χ4v) is 1.23. The van der Waals surface area contributed by atoms with E-state index < -0.39 is 12.2 Å². The predicted octanol–water partition coefficient (Wildman–Crippen LogP) is -1.94. The summed E-state index contributed by atoms with van der Waals surface area (Å²) >= 11 is 0. The first-order valence-electron chi connectivity index (χ1n) is 3.40. The molecule has 0 amide bonds. The van der Waals surface area contributed by atoms with E-state index in [2.05, 4.69) is 5.32 Å². The molecule has 1 rings (SSSR count). The molecule has 0 aromatic rings. The molecular formula is C6H13NO3. The highest BCUT2D eigenvalue weighted by Crippen LogP contribution is 2.12. The van der Waals surface area contributed by atoms with Crippen molar-refractivity contribution in [3.8, 4) is 0 Å². The second kappa shape index (κ2) is 2.84. The van der Waals surface area contributed by atoms with Crippen molar-refractivity contribution in [3.63, 3.8) is 0 Å². The van der Waals surface area contributed by atoms with Gasteiger partial charge in [0.15, 0.2) is 0 Å². The molecule has 1 saturated heterocycles. The van der Waals surface area contributed by atoms with Gasteiger partial charge in [0, 0.05) is 6.04 Å². The van der Waals surface area contributed by atoms with Crippen LogP contribution >= 0.6 is 0 Å². The average molecular weight is 147 g/mol. The highest BCUT2D eigenvalue weighted by molar-refractivity contribution is 4.95. The Kier molecular flexibility index (Phi) is 2.25. The lowest BCUT2D eigenvalue weighted by Gasteiger charge is -2.11. The maximum Gasteiger partial charge on any atom is 0.0989 e. The van der Waals surface area contributed by atoms with Gasteiger partial charge in [0.2, 0.25) is 0 Å². The van der Waals surface area contributed by atoms with Gasteiger partial charge < -0.3 is 20.6 Å². The third-order valence-corrected chi connectivity index (χ3v) is 1.95. The van der Waals surface area contributed by atoms with Gasteiger partial charge in [0.1, 0.15) is 0 Å². The zero-order valence-corrected chi connectivity index (χ0v) is 5.86. The Morgan fingerprint density at radius 1 is 1.30 bits per heavy atom. The van der Waals surface area contributed by atoms with Crippen LogP contribution in [0.15, 0.2) is 0 Å². The van der Waals surface area contributed by atoms with Gasteiger partial charge in [0.25, 0.3) is 0 Å². The van der Waals surface area contributed by atoms with Crippen LogP contribution in [0.25, 0.3) is 0 Å². The van der Waals surface area contributed by atoms with E-state index in [-0.39, 0.29) is 18.7 Å². The summed E-state index contributed by atoms with van der Waals surface area (Å²) in [6, 6.07) is -0.503. The van der Waals surface area contributed by atoms with Gasteiger partial charge >= 0.3 is 0 Å². The first-order valence-corrected chi connectivity index (χ1v) is 3.40. The summed E-state index contributed by atoms with van der Waals surface area (Å²) in [5, 5.41) is 29.8. The largest absolute Gasteiger partial charge is 0.395 e. The van der Waals surface area contributed by atoms with E-state index >= 15 is 0 Å². The predicted molar refractivity (Wildman–Crippen MR) is 35.5 cm³/mol. The van der Waals surface area contributed by atoms with Crippen LogP contribution in [0.5, 0.6) is 0 Å². The zero-order chi connectivity index (χ0) is 7.72. The van der Waals surface area contributed by atoms with Gasteiger partial charge in [-0.2, -0.15) is 0 Å². The van der Waals surface area contributed by atoms with Crippen molar-refractivity contribution in [2.75, 3.05) is 6.61 Å². The summed E-state index contributed by atoms with van der Waals surface area (Å²) in [5.74, 6) is 0. The molecule has 0 spiro atoms. The van der Waals surface area contributed by atoms with Crippen molar-refractivity contribution in [2.24, 2.45) is 0 Å². The van der Waals surface area contributed by atoms with Crippen molar-refractivity contribution in [1.82, 2.24) is 5.32 Å². The lowest BCUT2D eigenvalue weighted by molar-refractivity contribution is 0.0214. The molecule has 0 radical (unpaired) electrons. The second-order valence-electron chi connectivity index (χ2n) is 2.73. The Hall–Kier alpha value is -0.160. The summed E-state index contributed by atoms with van der Waals surface area (Å²) in [6.07, 6.45) is -1.59. The van der Waals surface area contributed by atoms with E-state index in [0.29, 0.717) is 0 Å². The standard InChI is InChI=1S/C6H13NO3/c1-3-5(9)6(10)4(2-8)7-3/h3-10H,2H2,1H3/t3?,4-,5+,6+/m0/s1. The highest BCUT2D eigenvalue weighted by Gasteiger charge is 2.37. The number of rotatable bonds is 1. The number of nitrogens with one attached hydrogen (secondary N) is 1. The first kappa shape index (κ1) is 7.94. The van der Waals surface area contributed by atoms with Crippen molar-refractivity contribution >= 4 is 0 Å². The van der Waals surface area contributed by atoms with Crippen LogP contribution in [0.3, 0.4) is 0 Å². The van der Waals surface area contributed by atoms with Crippen LogP contribution in [0, 0.1) is 0 Å².